The Bertz CT molecular complexity index is 489. The van der Waals surface area contributed by atoms with E-state index in [0.29, 0.717) is 5.02 Å². The summed E-state index contributed by atoms with van der Waals surface area (Å²) in [6.07, 6.45) is -0.619. The lowest BCUT2D eigenvalue weighted by atomic mass is 10.1. The molecular weight excluding hydrogens is 308 g/mol. The average Bonchev–Trinajstić information content (AvgIpc) is 2.62. The van der Waals surface area contributed by atoms with Crippen LogP contribution in [0.25, 0.3) is 0 Å². The Morgan fingerprint density at radius 2 is 2.12 bits per heavy atom. The third-order valence-corrected chi connectivity index (χ3v) is 4.41. The van der Waals surface area contributed by atoms with E-state index in [4.69, 9.17) is 11.6 Å². The first-order valence-corrected chi connectivity index (χ1v) is 6.81. The normalized spacial score (nSPS) is 12.8. The van der Waals surface area contributed by atoms with Gasteiger partial charge in [-0.05, 0) is 57.6 Å². The molecule has 0 radical (unpaired) electrons. The highest BCUT2D eigenvalue weighted by Crippen LogP contribution is 2.34. The fourth-order valence-electron chi connectivity index (χ4n) is 1.57. The van der Waals surface area contributed by atoms with Crippen LogP contribution in [-0.2, 0) is 0 Å². The van der Waals surface area contributed by atoms with Gasteiger partial charge in [-0.25, -0.2) is 0 Å². The zero-order valence-corrected chi connectivity index (χ0v) is 11.7. The van der Waals surface area contributed by atoms with Gasteiger partial charge in [0.2, 0.25) is 0 Å². The van der Waals surface area contributed by atoms with Crippen LogP contribution >= 0.6 is 38.9 Å². The zero-order chi connectivity index (χ0) is 11.7. The molecular formula is C12H10BrClOS. The van der Waals surface area contributed by atoms with E-state index in [1.807, 2.05) is 30.5 Å². The molecule has 1 N–H and O–H groups in total. The van der Waals surface area contributed by atoms with Crippen molar-refractivity contribution in [2.75, 3.05) is 0 Å². The first-order valence-electron chi connectivity index (χ1n) is 4.76. The minimum absolute atomic E-state index is 0.619. The van der Waals surface area contributed by atoms with Crippen LogP contribution in [-0.4, -0.2) is 5.11 Å². The Hall–Kier alpha value is -0.350. The summed E-state index contributed by atoms with van der Waals surface area (Å²) in [5.41, 5.74) is 1.88. The third kappa shape index (κ3) is 2.48. The standard InChI is InChI=1S/C12H10BrClOS/c1-7-4-8(6-9(14)5-7)11(15)12-10(13)2-3-16-12/h2-6,11,15H,1H3. The summed E-state index contributed by atoms with van der Waals surface area (Å²) in [6.45, 7) is 1.96. The fourth-order valence-corrected chi connectivity index (χ4v) is 3.47. The van der Waals surface area contributed by atoms with Gasteiger partial charge < -0.3 is 5.11 Å². The number of rotatable bonds is 2. The number of aliphatic hydroxyl groups is 1. The maximum atomic E-state index is 10.2. The van der Waals surface area contributed by atoms with Crippen molar-refractivity contribution < 1.29 is 5.11 Å². The number of aliphatic hydroxyl groups excluding tert-OH is 1. The second kappa shape index (κ2) is 4.88. The van der Waals surface area contributed by atoms with E-state index in [-0.39, 0.29) is 0 Å². The van der Waals surface area contributed by atoms with E-state index in [1.165, 1.54) is 11.3 Å². The lowest BCUT2D eigenvalue weighted by Gasteiger charge is -2.11. The van der Waals surface area contributed by atoms with Gasteiger partial charge in [0.05, 0.1) is 4.88 Å². The Kier molecular flexibility index (Phi) is 3.70. The molecule has 2 aromatic rings. The Morgan fingerprint density at radius 1 is 1.38 bits per heavy atom. The quantitative estimate of drug-likeness (QED) is 0.861. The van der Waals surface area contributed by atoms with Gasteiger partial charge in [0.1, 0.15) is 6.10 Å². The first kappa shape index (κ1) is 12.1. The van der Waals surface area contributed by atoms with Gasteiger partial charge in [-0.3, -0.25) is 0 Å². The van der Waals surface area contributed by atoms with Crippen LogP contribution in [0.2, 0.25) is 5.02 Å². The van der Waals surface area contributed by atoms with E-state index in [2.05, 4.69) is 15.9 Å². The van der Waals surface area contributed by atoms with Crippen molar-refractivity contribution in [1.29, 1.82) is 0 Å². The van der Waals surface area contributed by atoms with Crippen molar-refractivity contribution in [2.24, 2.45) is 0 Å². The van der Waals surface area contributed by atoms with Crippen molar-refractivity contribution in [2.45, 2.75) is 13.0 Å². The van der Waals surface area contributed by atoms with Crippen LogP contribution < -0.4 is 0 Å². The minimum Gasteiger partial charge on any atom is -0.383 e. The molecule has 2 rings (SSSR count). The molecule has 84 valence electrons. The van der Waals surface area contributed by atoms with Gasteiger partial charge in [-0.2, -0.15) is 0 Å². The van der Waals surface area contributed by atoms with Crippen molar-refractivity contribution >= 4 is 38.9 Å². The Morgan fingerprint density at radius 3 is 2.69 bits per heavy atom. The number of aryl methyl sites for hydroxylation is 1. The van der Waals surface area contributed by atoms with Gasteiger partial charge in [0.15, 0.2) is 0 Å². The number of hydrogen-bond acceptors (Lipinski definition) is 2. The summed E-state index contributed by atoms with van der Waals surface area (Å²) >= 11 is 10.9. The van der Waals surface area contributed by atoms with Crippen LogP contribution in [0.4, 0.5) is 0 Å². The van der Waals surface area contributed by atoms with Gasteiger partial charge >= 0.3 is 0 Å². The topological polar surface area (TPSA) is 20.2 Å². The molecule has 0 fully saturated rings. The number of thiophene rings is 1. The van der Waals surface area contributed by atoms with E-state index in [1.54, 1.807) is 6.07 Å². The Labute approximate surface area is 112 Å². The largest absolute Gasteiger partial charge is 0.383 e. The van der Waals surface area contributed by atoms with Gasteiger partial charge in [0, 0.05) is 9.50 Å². The van der Waals surface area contributed by atoms with Gasteiger partial charge in [0.25, 0.3) is 0 Å². The maximum Gasteiger partial charge on any atom is 0.114 e. The van der Waals surface area contributed by atoms with Crippen LogP contribution in [0.3, 0.4) is 0 Å². The molecule has 0 bridgehead atoms. The van der Waals surface area contributed by atoms with Crippen LogP contribution in [0.1, 0.15) is 22.1 Å². The molecule has 1 nitrogen and oxygen atoms in total. The molecule has 0 saturated carbocycles. The second-order valence-electron chi connectivity index (χ2n) is 3.60. The van der Waals surface area contributed by atoms with Gasteiger partial charge in [-0.1, -0.05) is 17.7 Å². The summed E-state index contributed by atoms with van der Waals surface area (Å²) in [5, 5.41) is 12.8. The third-order valence-electron chi connectivity index (χ3n) is 2.27. The Balaban J connectivity index is 2.41. The van der Waals surface area contributed by atoms with Crippen molar-refractivity contribution in [3.8, 4) is 0 Å². The lowest BCUT2D eigenvalue weighted by molar-refractivity contribution is 0.223. The van der Waals surface area contributed by atoms with Crippen molar-refractivity contribution in [3.05, 3.63) is 55.1 Å². The highest BCUT2D eigenvalue weighted by molar-refractivity contribution is 9.10. The maximum absolute atomic E-state index is 10.2. The van der Waals surface area contributed by atoms with E-state index < -0.39 is 6.10 Å². The second-order valence-corrected chi connectivity index (χ2v) is 5.84. The van der Waals surface area contributed by atoms with Crippen molar-refractivity contribution in [3.63, 3.8) is 0 Å². The smallest absolute Gasteiger partial charge is 0.114 e. The molecule has 0 aliphatic heterocycles. The molecule has 0 amide bonds. The fraction of sp³-hybridized carbons (Fsp3) is 0.167. The lowest BCUT2D eigenvalue weighted by Crippen LogP contribution is -1.98. The van der Waals surface area contributed by atoms with Gasteiger partial charge in [-0.15, -0.1) is 11.3 Å². The molecule has 16 heavy (non-hydrogen) atoms. The molecule has 0 aliphatic carbocycles. The average molecular weight is 318 g/mol. The SMILES string of the molecule is Cc1cc(Cl)cc(C(O)c2sccc2Br)c1. The molecule has 1 aromatic heterocycles. The van der Waals surface area contributed by atoms with Crippen LogP contribution in [0.5, 0.6) is 0 Å². The summed E-state index contributed by atoms with van der Waals surface area (Å²) in [4.78, 5) is 0.904. The minimum atomic E-state index is -0.619. The number of halogens is 2. The summed E-state index contributed by atoms with van der Waals surface area (Å²) in [5.74, 6) is 0. The summed E-state index contributed by atoms with van der Waals surface area (Å²) in [7, 11) is 0. The predicted molar refractivity (Wildman–Crippen MR) is 72.3 cm³/mol. The molecule has 0 aliphatic rings. The zero-order valence-electron chi connectivity index (χ0n) is 8.58. The van der Waals surface area contributed by atoms with E-state index in [9.17, 15) is 5.11 Å². The molecule has 0 spiro atoms. The predicted octanol–water partition coefficient (Wildman–Crippen LogP) is 4.55. The van der Waals surface area contributed by atoms with Crippen LogP contribution in [0.15, 0.2) is 34.1 Å². The summed E-state index contributed by atoms with van der Waals surface area (Å²) < 4.78 is 0.933. The van der Waals surface area contributed by atoms with Crippen LogP contribution in [0, 0.1) is 6.92 Å². The highest BCUT2D eigenvalue weighted by Gasteiger charge is 2.15. The van der Waals surface area contributed by atoms with Crippen molar-refractivity contribution in [1.82, 2.24) is 0 Å². The highest BCUT2D eigenvalue weighted by atomic mass is 79.9. The molecule has 1 heterocycles. The number of benzene rings is 1. The van der Waals surface area contributed by atoms with E-state index in [0.717, 1.165) is 20.5 Å². The molecule has 1 aromatic carbocycles. The first-order chi connectivity index (χ1) is 7.58. The molecule has 0 saturated heterocycles. The van der Waals surface area contributed by atoms with E-state index >= 15 is 0 Å². The molecule has 1 unspecified atom stereocenters. The molecule has 1 atom stereocenters. The number of hydrogen-bond donors (Lipinski definition) is 1. The monoisotopic (exact) mass is 316 g/mol. The molecule has 4 heteroatoms. The summed E-state index contributed by atoms with van der Waals surface area (Å²) in [6, 6.07) is 7.55.